The van der Waals surface area contributed by atoms with Crippen LogP contribution in [0.2, 0.25) is 0 Å². The summed E-state index contributed by atoms with van der Waals surface area (Å²) in [5.41, 5.74) is 1.09. The normalized spacial score (nSPS) is 15.4. The Kier molecular flexibility index (Phi) is 3.08. The van der Waals surface area contributed by atoms with E-state index >= 15 is 0 Å². The Balaban J connectivity index is 2.17. The van der Waals surface area contributed by atoms with Crippen molar-refractivity contribution in [2.45, 2.75) is 31.7 Å². The van der Waals surface area contributed by atoms with Crippen LogP contribution in [0.5, 0.6) is 0 Å². The van der Waals surface area contributed by atoms with Crippen LogP contribution in [-0.2, 0) is 0 Å². The van der Waals surface area contributed by atoms with Crippen molar-refractivity contribution >= 4 is 6.08 Å². The van der Waals surface area contributed by atoms with Crippen molar-refractivity contribution in [3.63, 3.8) is 0 Å². The maximum atomic E-state index is 8.66. The van der Waals surface area contributed by atoms with Crippen LogP contribution in [-0.4, -0.2) is 4.57 Å². The average molecular weight is 211 g/mol. The van der Waals surface area contributed by atoms with E-state index in [2.05, 4.69) is 4.57 Å². The zero-order valence-electron chi connectivity index (χ0n) is 9.06. The zero-order chi connectivity index (χ0) is 11.4. The Morgan fingerprint density at radius 3 is 2.62 bits per heavy atom. The minimum Gasteiger partial charge on any atom is -0.351 e. The standard InChI is InChI=1S/C13H13N3/c14-8-12(9-15)7-11-5-6-16(10-11)13-3-1-2-4-13/h5-7,10,13H,1-4H2. The van der Waals surface area contributed by atoms with Gasteiger partial charge in [-0.25, -0.2) is 0 Å². The van der Waals surface area contributed by atoms with Crippen molar-refractivity contribution in [2.24, 2.45) is 0 Å². The number of hydrogen-bond donors (Lipinski definition) is 0. The van der Waals surface area contributed by atoms with Gasteiger partial charge < -0.3 is 4.57 Å². The molecule has 0 radical (unpaired) electrons. The minimum atomic E-state index is 0.157. The van der Waals surface area contributed by atoms with Gasteiger partial charge in [0.05, 0.1) is 0 Å². The highest BCUT2D eigenvalue weighted by Crippen LogP contribution is 2.29. The Bertz CT molecular complexity index is 460. The van der Waals surface area contributed by atoms with Gasteiger partial charge in [0, 0.05) is 18.4 Å². The number of nitriles is 2. The quantitative estimate of drug-likeness (QED) is 0.706. The molecule has 1 aliphatic rings. The van der Waals surface area contributed by atoms with E-state index in [0.717, 1.165) is 5.56 Å². The summed E-state index contributed by atoms with van der Waals surface area (Å²) in [4.78, 5) is 0. The molecule has 0 spiro atoms. The number of aromatic nitrogens is 1. The third kappa shape index (κ3) is 2.15. The van der Waals surface area contributed by atoms with Gasteiger partial charge in [0.15, 0.2) is 0 Å². The molecular formula is C13H13N3. The molecule has 1 aromatic heterocycles. The smallest absolute Gasteiger partial charge is 0.130 e. The molecule has 0 unspecified atom stereocenters. The molecule has 0 aromatic carbocycles. The van der Waals surface area contributed by atoms with Crippen molar-refractivity contribution < 1.29 is 0 Å². The molecule has 0 bridgehead atoms. The summed E-state index contributed by atoms with van der Waals surface area (Å²) in [6.07, 6.45) is 10.8. The zero-order valence-corrected chi connectivity index (χ0v) is 9.06. The summed E-state index contributed by atoms with van der Waals surface area (Å²) >= 11 is 0. The lowest BCUT2D eigenvalue weighted by Crippen LogP contribution is -2.00. The summed E-state index contributed by atoms with van der Waals surface area (Å²) in [7, 11) is 0. The number of hydrogen-bond acceptors (Lipinski definition) is 2. The Labute approximate surface area is 95.2 Å². The number of allylic oxidation sites excluding steroid dienone is 1. The van der Waals surface area contributed by atoms with Gasteiger partial charge in [0.2, 0.25) is 0 Å². The molecule has 16 heavy (non-hydrogen) atoms. The van der Waals surface area contributed by atoms with Gasteiger partial charge in [0.25, 0.3) is 0 Å². The molecule has 3 heteroatoms. The van der Waals surface area contributed by atoms with E-state index in [-0.39, 0.29) is 5.57 Å². The van der Waals surface area contributed by atoms with Crippen molar-refractivity contribution in [1.29, 1.82) is 10.5 Å². The first kappa shape index (κ1) is 10.5. The molecule has 0 N–H and O–H groups in total. The maximum Gasteiger partial charge on any atom is 0.130 e. The lowest BCUT2D eigenvalue weighted by atomic mass is 10.2. The van der Waals surface area contributed by atoms with Crippen LogP contribution in [0.4, 0.5) is 0 Å². The van der Waals surface area contributed by atoms with E-state index in [1.54, 1.807) is 6.08 Å². The van der Waals surface area contributed by atoms with Gasteiger partial charge in [0.1, 0.15) is 17.7 Å². The molecule has 3 nitrogen and oxygen atoms in total. The van der Waals surface area contributed by atoms with Crippen molar-refractivity contribution in [3.8, 4) is 12.1 Å². The molecule has 0 aliphatic heterocycles. The fourth-order valence-electron chi connectivity index (χ4n) is 2.20. The van der Waals surface area contributed by atoms with Crippen LogP contribution in [0.1, 0.15) is 37.3 Å². The molecule has 1 heterocycles. The van der Waals surface area contributed by atoms with Gasteiger partial charge in [-0.3, -0.25) is 0 Å². The molecule has 80 valence electrons. The van der Waals surface area contributed by atoms with E-state index in [9.17, 15) is 0 Å². The lowest BCUT2D eigenvalue weighted by Gasteiger charge is -2.10. The topological polar surface area (TPSA) is 52.5 Å². The SMILES string of the molecule is N#CC(C#N)=Cc1ccn(C2CCCC2)c1. The molecule has 2 rings (SSSR count). The van der Waals surface area contributed by atoms with Gasteiger partial charge in [-0.1, -0.05) is 12.8 Å². The fourth-order valence-corrected chi connectivity index (χ4v) is 2.20. The predicted molar refractivity (Wildman–Crippen MR) is 61.1 cm³/mol. The first-order valence-corrected chi connectivity index (χ1v) is 5.53. The summed E-state index contributed by atoms with van der Waals surface area (Å²) in [6.45, 7) is 0. The van der Waals surface area contributed by atoms with E-state index in [1.165, 1.54) is 25.7 Å². The van der Waals surface area contributed by atoms with Gasteiger partial charge in [-0.05, 0) is 30.5 Å². The van der Waals surface area contributed by atoms with Gasteiger partial charge in [-0.15, -0.1) is 0 Å². The van der Waals surface area contributed by atoms with Crippen LogP contribution in [0.25, 0.3) is 6.08 Å². The highest BCUT2D eigenvalue weighted by atomic mass is 15.0. The molecular weight excluding hydrogens is 198 g/mol. The fraction of sp³-hybridized carbons (Fsp3) is 0.385. The third-order valence-corrected chi connectivity index (χ3v) is 3.04. The van der Waals surface area contributed by atoms with E-state index in [0.29, 0.717) is 6.04 Å². The first-order valence-electron chi connectivity index (χ1n) is 5.53. The van der Waals surface area contributed by atoms with Crippen LogP contribution in [0, 0.1) is 22.7 Å². The van der Waals surface area contributed by atoms with Crippen molar-refractivity contribution in [2.75, 3.05) is 0 Å². The highest BCUT2D eigenvalue weighted by Gasteiger charge is 2.15. The third-order valence-electron chi connectivity index (χ3n) is 3.04. The maximum absolute atomic E-state index is 8.66. The predicted octanol–water partition coefficient (Wildman–Crippen LogP) is 3.03. The van der Waals surface area contributed by atoms with E-state index in [4.69, 9.17) is 10.5 Å². The van der Waals surface area contributed by atoms with Gasteiger partial charge in [-0.2, -0.15) is 10.5 Å². The molecule has 0 atom stereocenters. The molecule has 1 saturated carbocycles. The van der Waals surface area contributed by atoms with Crippen molar-refractivity contribution in [3.05, 3.63) is 29.6 Å². The molecule has 0 amide bonds. The second kappa shape index (κ2) is 4.68. The highest BCUT2D eigenvalue weighted by molar-refractivity contribution is 5.61. The second-order valence-electron chi connectivity index (χ2n) is 4.11. The number of rotatable bonds is 2. The monoisotopic (exact) mass is 211 g/mol. The second-order valence-corrected chi connectivity index (χ2v) is 4.11. The molecule has 0 saturated heterocycles. The molecule has 1 fully saturated rings. The first-order chi connectivity index (χ1) is 7.83. The summed E-state index contributed by atoms with van der Waals surface area (Å²) < 4.78 is 2.20. The molecule has 1 aromatic rings. The Hall–Kier alpha value is -2.00. The summed E-state index contributed by atoms with van der Waals surface area (Å²) in [5.74, 6) is 0. The lowest BCUT2D eigenvalue weighted by molar-refractivity contribution is 0.521. The summed E-state index contributed by atoms with van der Waals surface area (Å²) in [6, 6.07) is 6.30. The van der Waals surface area contributed by atoms with Crippen LogP contribution < -0.4 is 0 Å². The molecule has 1 aliphatic carbocycles. The Morgan fingerprint density at radius 1 is 1.31 bits per heavy atom. The largest absolute Gasteiger partial charge is 0.351 e. The average Bonchev–Trinajstić information content (AvgIpc) is 2.96. The number of nitrogens with zero attached hydrogens (tertiary/aromatic N) is 3. The van der Waals surface area contributed by atoms with Crippen LogP contribution in [0.15, 0.2) is 24.0 Å². The Morgan fingerprint density at radius 2 is 2.00 bits per heavy atom. The van der Waals surface area contributed by atoms with Crippen LogP contribution in [0.3, 0.4) is 0 Å². The minimum absolute atomic E-state index is 0.157. The van der Waals surface area contributed by atoms with E-state index < -0.39 is 0 Å². The van der Waals surface area contributed by atoms with E-state index in [1.807, 2.05) is 30.6 Å². The summed E-state index contributed by atoms with van der Waals surface area (Å²) in [5, 5.41) is 17.3. The van der Waals surface area contributed by atoms with Crippen molar-refractivity contribution in [1.82, 2.24) is 4.57 Å². The van der Waals surface area contributed by atoms with Crippen LogP contribution >= 0.6 is 0 Å². The van der Waals surface area contributed by atoms with Gasteiger partial charge >= 0.3 is 0 Å².